The van der Waals surface area contributed by atoms with Crippen LogP contribution in [0.1, 0.15) is 11.1 Å². The summed E-state index contributed by atoms with van der Waals surface area (Å²) in [5.41, 5.74) is 2.47. The molecule has 3 aromatic rings. The molecule has 3 rings (SSSR count). The number of anilines is 1. The Kier molecular flexibility index (Phi) is 5.66. The predicted octanol–water partition coefficient (Wildman–Crippen LogP) is 5.33. The van der Waals surface area contributed by atoms with Gasteiger partial charge in [-0.1, -0.05) is 48.0 Å². The minimum Gasteiger partial charge on any atom is -0.457 e. The van der Waals surface area contributed by atoms with Crippen molar-refractivity contribution in [2.75, 3.05) is 5.32 Å². The molecule has 0 radical (unpaired) electrons. The lowest BCUT2D eigenvalue weighted by atomic mass is 10.1. The number of hydrogen-bond donors (Lipinski definition) is 1. The van der Waals surface area contributed by atoms with Crippen LogP contribution in [0.4, 0.5) is 5.69 Å². The second kappa shape index (κ2) is 8.50. The summed E-state index contributed by atoms with van der Waals surface area (Å²) in [5.74, 6) is 0.901. The Morgan fingerprint density at radius 1 is 0.963 bits per heavy atom. The summed E-state index contributed by atoms with van der Waals surface area (Å²) in [7, 11) is 0. The smallest absolute Gasteiger partial charge is 0.266 e. The molecule has 27 heavy (non-hydrogen) atoms. The van der Waals surface area contributed by atoms with Crippen molar-refractivity contribution in [1.82, 2.24) is 0 Å². The second-order valence-electron chi connectivity index (χ2n) is 5.98. The van der Waals surface area contributed by atoms with Crippen molar-refractivity contribution < 1.29 is 9.53 Å². The lowest BCUT2D eigenvalue weighted by molar-refractivity contribution is -0.112. The van der Waals surface area contributed by atoms with E-state index in [9.17, 15) is 10.1 Å². The zero-order chi connectivity index (χ0) is 19.1. The third-order valence-corrected chi connectivity index (χ3v) is 3.82. The summed E-state index contributed by atoms with van der Waals surface area (Å²) in [6.45, 7) is 1.97. The minimum atomic E-state index is -0.448. The molecule has 3 aromatic carbocycles. The predicted molar refractivity (Wildman–Crippen MR) is 106 cm³/mol. The number of rotatable bonds is 5. The van der Waals surface area contributed by atoms with Crippen molar-refractivity contribution in [2.45, 2.75) is 6.92 Å². The van der Waals surface area contributed by atoms with Gasteiger partial charge in [-0.05, 0) is 55.0 Å². The fourth-order valence-corrected chi connectivity index (χ4v) is 2.44. The Hall–Kier alpha value is -3.84. The molecule has 0 aliphatic rings. The van der Waals surface area contributed by atoms with Gasteiger partial charge in [0.05, 0.1) is 0 Å². The molecule has 0 aliphatic carbocycles. The fraction of sp³-hybridized carbons (Fsp3) is 0.0435. The van der Waals surface area contributed by atoms with Crippen LogP contribution in [-0.2, 0) is 4.79 Å². The van der Waals surface area contributed by atoms with Crippen molar-refractivity contribution in [3.63, 3.8) is 0 Å². The molecule has 132 valence electrons. The van der Waals surface area contributed by atoms with E-state index in [1.54, 1.807) is 24.3 Å². The second-order valence-corrected chi connectivity index (χ2v) is 5.98. The summed E-state index contributed by atoms with van der Waals surface area (Å²) in [5, 5.41) is 12.1. The average molecular weight is 354 g/mol. The van der Waals surface area contributed by atoms with Gasteiger partial charge in [-0.15, -0.1) is 0 Å². The summed E-state index contributed by atoms with van der Waals surface area (Å²) in [6.07, 6.45) is 1.54. The standard InChI is InChI=1S/C23H18N2O2/c1-17-10-12-20(13-11-17)25-23(26)19(16-24)14-18-6-5-9-22(15-18)27-21-7-3-2-4-8-21/h2-15H,1H3,(H,25,26)/b19-14+. The van der Waals surface area contributed by atoms with Gasteiger partial charge in [-0.25, -0.2) is 0 Å². The zero-order valence-corrected chi connectivity index (χ0v) is 14.8. The van der Waals surface area contributed by atoms with Gasteiger partial charge >= 0.3 is 0 Å². The lowest BCUT2D eigenvalue weighted by Gasteiger charge is -2.07. The maximum absolute atomic E-state index is 12.4. The fourth-order valence-electron chi connectivity index (χ4n) is 2.44. The van der Waals surface area contributed by atoms with Gasteiger partial charge in [0.15, 0.2) is 0 Å². The number of para-hydroxylation sites is 1. The molecule has 1 N–H and O–H groups in total. The highest BCUT2D eigenvalue weighted by molar-refractivity contribution is 6.09. The highest BCUT2D eigenvalue weighted by Gasteiger charge is 2.10. The molecule has 1 amide bonds. The van der Waals surface area contributed by atoms with Gasteiger partial charge in [-0.3, -0.25) is 4.79 Å². The third-order valence-electron chi connectivity index (χ3n) is 3.82. The number of nitrogens with zero attached hydrogens (tertiary/aromatic N) is 1. The van der Waals surface area contributed by atoms with Crippen LogP contribution in [0, 0.1) is 18.3 Å². The minimum absolute atomic E-state index is 0.0208. The first-order valence-corrected chi connectivity index (χ1v) is 8.47. The SMILES string of the molecule is Cc1ccc(NC(=O)/C(C#N)=C/c2cccc(Oc3ccccc3)c2)cc1. The number of amides is 1. The van der Waals surface area contributed by atoms with Crippen LogP contribution < -0.4 is 10.1 Å². The largest absolute Gasteiger partial charge is 0.457 e. The molecule has 0 atom stereocenters. The molecule has 4 heteroatoms. The van der Waals surface area contributed by atoms with Gasteiger partial charge in [0.1, 0.15) is 23.1 Å². The quantitative estimate of drug-likeness (QED) is 0.497. The number of carbonyl (C=O) groups is 1. The van der Waals surface area contributed by atoms with Crippen molar-refractivity contribution in [3.8, 4) is 17.6 Å². The number of aryl methyl sites for hydroxylation is 1. The topological polar surface area (TPSA) is 62.1 Å². The van der Waals surface area contributed by atoms with Crippen LogP contribution >= 0.6 is 0 Å². The molecule has 0 aliphatic heterocycles. The monoisotopic (exact) mass is 354 g/mol. The summed E-state index contributed by atoms with van der Waals surface area (Å²) < 4.78 is 5.79. The van der Waals surface area contributed by atoms with E-state index in [-0.39, 0.29) is 5.57 Å². The molecule has 0 unspecified atom stereocenters. The van der Waals surface area contributed by atoms with Crippen LogP contribution in [0.5, 0.6) is 11.5 Å². The number of nitrogens with one attached hydrogen (secondary N) is 1. The van der Waals surface area contributed by atoms with Gasteiger partial charge in [-0.2, -0.15) is 5.26 Å². The Morgan fingerprint density at radius 2 is 1.67 bits per heavy atom. The van der Waals surface area contributed by atoms with E-state index in [2.05, 4.69) is 5.32 Å². The Bertz CT molecular complexity index is 1000. The van der Waals surface area contributed by atoms with E-state index in [4.69, 9.17) is 4.74 Å². The van der Waals surface area contributed by atoms with Crippen LogP contribution in [0.15, 0.2) is 84.4 Å². The molecule has 0 saturated heterocycles. The number of nitriles is 1. The molecule has 0 saturated carbocycles. The number of carbonyl (C=O) groups excluding carboxylic acids is 1. The van der Waals surface area contributed by atoms with E-state index < -0.39 is 5.91 Å². The van der Waals surface area contributed by atoms with Crippen molar-refractivity contribution in [1.29, 1.82) is 5.26 Å². The normalized spacial score (nSPS) is 10.7. The first kappa shape index (κ1) is 18.0. The van der Waals surface area contributed by atoms with Gasteiger partial charge in [0.25, 0.3) is 5.91 Å². The summed E-state index contributed by atoms with van der Waals surface area (Å²) in [6, 6.07) is 26.0. The van der Waals surface area contributed by atoms with Crippen LogP contribution in [0.2, 0.25) is 0 Å². The first-order valence-electron chi connectivity index (χ1n) is 8.47. The Morgan fingerprint density at radius 3 is 2.37 bits per heavy atom. The van der Waals surface area contributed by atoms with Gasteiger partial charge < -0.3 is 10.1 Å². The lowest BCUT2D eigenvalue weighted by Crippen LogP contribution is -2.13. The maximum atomic E-state index is 12.4. The van der Waals surface area contributed by atoms with Crippen LogP contribution in [0.25, 0.3) is 6.08 Å². The van der Waals surface area contributed by atoms with Gasteiger partial charge in [0, 0.05) is 5.69 Å². The summed E-state index contributed by atoms with van der Waals surface area (Å²) >= 11 is 0. The molecular weight excluding hydrogens is 336 g/mol. The zero-order valence-electron chi connectivity index (χ0n) is 14.8. The molecule has 0 spiro atoms. The van der Waals surface area contributed by atoms with E-state index in [1.807, 2.05) is 73.7 Å². The molecule has 0 fully saturated rings. The number of benzene rings is 3. The Labute approximate surface area is 158 Å². The molecule has 0 heterocycles. The first-order chi connectivity index (χ1) is 13.1. The van der Waals surface area contributed by atoms with E-state index in [1.165, 1.54) is 0 Å². The van der Waals surface area contributed by atoms with Crippen molar-refractivity contribution in [2.24, 2.45) is 0 Å². The van der Waals surface area contributed by atoms with E-state index in [0.717, 1.165) is 11.3 Å². The highest BCUT2D eigenvalue weighted by atomic mass is 16.5. The van der Waals surface area contributed by atoms with Crippen LogP contribution in [0.3, 0.4) is 0 Å². The summed E-state index contributed by atoms with van der Waals surface area (Å²) in [4.78, 5) is 12.4. The van der Waals surface area contributed by atoms with Crippen molar-refractivity contribution >= 4 is 17.7 Å². The third kappa shape index (κ3) is 5.07. The molecule has 0 bridgehead atoms. The van der Waals surface area contributed by atoms with Gasteiger partial charge in [0.2, 0.25) is 0 Å². The molecule has 4 nitrogen and oxygen atoms in total. The Balaban J connectivity index is 1.77. The van der Waals surface area contributed by atoms with E-state index >= 15 is 0 Å². The number of ether oxygens (including phenoxy) is 1. The average Bonchev–Trinajstić information content (AvgIpc) is 2.69. The molecular formula is C23H18N2O2. The van der Waals surface area contributed by atoms with Crippen LogP contribution in [-0.4, -0.2) is 5.91 Å². The maximum Gasteiger partial charge on any atom is 0.266 e. The highest BCUT2D eigenvalue weighted by Crippen LogP contribution is 2.23. The van der Waals surface area contributed by atoms with Crippen molar-refractivity contribution in [3.05, 3.63) is 95.6 Å². The molecule has 0 aromatic heterocycles. The number of hydrogen-bond acceptors (Lipinski definition) is 3. The van der Waals surface area contributed by atoms with E-state index in [0.29, 0.717) is 17.0 Å².